The van der Waals surface area contributed by atoms with Crippen molar-refractivity contribution < 1.29 is 18.5 Å². The van der Waals surface area contributed by atoms with E-state index in [0.29, 0.717) is 20.2 Å². The zero-order valence-electron chi connectivity index (χ0n) is 18.5. The fourth-order valence-electron chi connectivity index (χ4n) is 3.61. The Balaban J connectivity index is 1.87. The Labute approximate surface area is 208 Å². The molecule has 0 radical (unpaired) electrons. The van der Waals surface area contributed by atoms with Gasteiger partial charge in [0.1, 0.15) is 28.7 Å². The lowest BCUT2D eigenvalue weighted by Gasteiger charge is -2.18. The molecule has 0 bridgehead atoms. The van der Waals surface area contributed by atoms with E-state index in [2.05, 4.69) is 5.32 Å². The summed E-state index contributed by atoms with van der Waals surface area (Å²) in [5, 5.41) is 3.45. The fourth-order valence-corrected chi connectivity index (χ4v) is 5.15. The van der Waals surface area contributed by atoms with Gasteiger partial charge in [0.05, 0.1) is 11.2 Å². The summed E-state index contributed by atoms with van der Waals surface area (Å²) in [6.07, 6.45) is 1.70. The van der Waals surface area contributed by atoms with E-state index in [0.717, 1.165) is 10.6 Å². The predicted octanol–water partition coefficient (Wildman–Crippen LogP) is 5.10. The van der Waals surface area contributed by atoms with Gasteiger partial charge < -0.3 is 20.4 Å². The largest absolute Gasteiger partial charge is 0.455 e. The number of nitrogens with one attached hydrogen (secondary N) is 1. The van der Waals surface area contributed by atoms with Crippen molar-refractivity contribution in [2.75, 3.05) is 18.6 Å². The third-order valence-electron chi connectivity index (χ3n) is 5.25. The smallest absolute Gasteiger partial charge is 0.256 e. The van der Waals surface area contributed by atoms with E-state index in [1.807, 2.05) is 22.6 Å². The molecule has 0 aliphatic carbocycles. The van der Waals surface area contributed by atoms with Gasteiger partial charge in [-0.2, -0.15) is 0 Å². The standard InChI is InChI=1S/C23H21FIN4O4P/c1-28-20(30)12-19(21(22(26)31)23(28)27-16-8-7-13(25)11-15(16)24)33-18-6-4-5-17-14(18)9-10-29(17)34(2,3)32/h4-12,27H,1-3H3,(H2,26,31). The summed E-state index contributed by atoms with van der Waals surface area (Å²) in [6, 6.07) is 12.6. The van der Waals surface area contributed by atoms with Gasteiger partial charge in [0, 0.05) is 41.6 Å². The Kier molecular flexibility index (Phi) is 6.30. The number of amides is 1. The number of rotatable bonds is 6. The summed E-state index contributed by atoms with van der Waals surface area (Å²) in [5.41, 5.74) is 5.80. The quantitative estimate of drug-likeness (QED) is 0.239. The first-order valence-electron chi connectivity index (χ1n) is 10.1. The summed E-state index contributed by atoms with van der Waals surface area (Å²) in [5.74, 6) is -1.18. The van der Waals surface area contributed by atoms with Crippen molar-refractivity contribution in [2.45, 2.75) is 0 Å². The number of pyridine rings is 1. The maximum atomic E-state index is 14.5. The van der Waals surface area contributed by atoms with Crippen molar-refractivity contribution in [2.24, 2.45) is 12.8 Å². The highest BCUT2D eigenvalue weighted by molar-refractivity contribution is 14.1. The second kappa shape index (κ2) is 8.92. The molecule has 0 spiro atoms. The van der Waals surface area contributed by atoms with E-state index in [1.54, 1.807) is 54.2 Å². The molecule has 176 valence electrons. The van der Waals surface area contributed by atoms with Gasteiger partial charge in [-0.05, 0) is 59.0 Å². The number of benzene rings is 2. The normalized spacial score (nSPS) is 11.6. The van der Waals surface area contributed by atoms with Crippen LogP contribution in [0.5, 0.6) is 11.5 Å². The number of ether oxygens (including phenoxy) is 1. The van der Waals surface area contributed by atoms with Crippen LogP contribution >= 0.6 is 29.9 Å². The van der Waals surface area contributed by atoms with Crippen molar-refractivity contribution in [3.05, 3.63) is 80.0 Å². The predicted molar refractivity (Wildman–Crippen MR) is 139 cm³/mol. The van der Waals surface area contributed by atoms with Crippen LogP contribution in [-0.2, 0) is 11.6 Å². The van der Waals surface area contributed by atoms with Crippen molar-refractivity contribution >= 4 is 58.2 Å². The number of hydrogen-bond donors (Lipinski definition) is 2. The van der Waals surface area contributed by atoms with E-state index in [4.69, 9.17) is 10.5 Å². The monoisotopic (exact) mass is 594 g/mol. The number of anilines is 2. The third kappa shape index (κ3) is 4.47. The average Bonchev–Trinajstić information content (AvgIpc) is 3.19. The Morgan fingerprint density at radius 2 is 1.88 bits per heavy atom. The van der Waals surface area contributed by atoms with Gasteiger partial charge in [-0.15, -0.1) is 0 Å². The van der Waals surface area contributed by atoms with Crippen molar-refractivity contribution in [3.8, 4) is 11.5 Å². The van der Waals surface area contributed by atoms with Gasteiger partial charge in [0.15, 0.2) is 7.29 Å². The van der Waals surface area contributed by atoms with Gasteiger partial charge in [-0.25, -0.2) is 4.39 Å². The lowest BCUT2D eigenvalue weighted by atomic mass is 10.2. The van der Waals surface area contributed by atoms with Crippen LogP contribution in [0.1, 0.15) is 10.4 Å². The molecule has 3 N–H and O–H groups in total. The van der Waals surface area contributed by atoms with E-state index in [9.17, 15) is 18.5 Å². The molecule has 0 fully saturated rings. The van der Waals surface area contributed by atoms with Crippen LogP contribution in [0.3, 0.4) is 0 Å². The van der Waals surface area contributed by atoms with Gasteiger partial charge in [-0.1, -0.05) is 6.07 Å². The first-order chi connectivity index (χ1) is 16.0. The number of aromatic nitrogens is 2. The lowest BCUT2D eigenvalue weighted by molar-refractivity contribution is 0.0998. The summed E-state index contributed by atoms with van der Waals surface area (Å²) in [6.45, 7) is 3.29. The zero-order chi connectivity index (χ0) is 24.8. The number of carbonyl (C=O) groups is 1. The number of nitrogens with zero attached hydrogens (tertiary/aromatic N) is 2. The molecule has 2 aromatic heterocycles. The summed E-state index contributed by atoms with van der Waals surface area (Å²) < 4.78 is 36.7. The summed E-state index contributed by atoms with van der Waals surface area (Å²) >= 11 is 1.98. The van der Waals surface area contributed by atoms with E-state index >= 15 is 0 Å². The molecule has 8 nitrogen and oxygen atoms in total. The molecule has 0 saturated carbocycles. The topological polar surface area (TPSA) is 108 Å². The fraction of sp³-hybridized carbons (Fsp3) is 0.130. The molecule has 0 saturated heterocycles. The Morgan fingerprint density at radius 1 is 1.15 bits per heavy atom. The molecule has 2 aromatic carbocycles. The number of fused-ring (bicyclic) bond motifs is 1. The van der Waals surface area contributed by atoms with Crippen LogP contribution in [0.2, 0.25) is 0 Å². The van der Waals surface area contributed by atoms with Crippen LogP contribution in [0.15, 0.2) is 59.5 Å². The Hall–Kier alpha value is -3.11. The van der Waals surface area contributed by atoms with Crippen LogP contribution in [0.25, 0.3) is 10.9 Å². The molecule has 11 heteroatoms. The van der Waals surface area contributed by atoms with Crippen LogP contribution in [0.4, 0.5) is 15.9 Å². The number of carbonyl (C=O) groups excluding carboxylic acids is 1. The molecule has 0 atom stereocenters. The van der Waals surface area contributed by atoms with E-state index < -0.39 is 24.6 Å². The maximum absolute atomic E-state index is 14.5. The van der Waals surface area contributed by atoms with Gasteiger partial charge >= 0.3 is 0 Å². The molecular weight excluding hydrogens is 573 g/mol. The minimum absolute atomic E-state index is 0.00790. The average molecular weight is 594 g/mol. The minimum Gasteiger partial charge on any atom is -0.455 e. The number of halogens is 2. The molecule has 0 unspecified atom stereocenters. The van der Waals surface area contributed by atoms with Crippen LogP contribution in [0, 0.1) is 9.39 Å². The molecular formula is C23H21FIN4O4P. The highest BCUT2D eigenvalue weighted by Gasteiger charge is 2.23. The summed E-state index contributed by atoms with van der Waals surface area (Å²) in [4.78, 5) is 25.2. The third-order valence-corrected chi connectivity index (χ3v) is 7.30. The van der Waals surface area contributed by atoms with Crippen LogP contribution < -0.4 is 21.3 Å². The lowest BCUT2D eigenvalue weighted by Crippen LogP contribution is -2.25. The molecule has 0 aliphatic rings. The highest BCUT2D eigenvalue weighted by Crippen LogP contribution is 2.44. The van der Waals surface area contributed by atoms with Crippen molar-refractivity contribution in [1.29, 1.82) is 0 Å². The number of nitrogens with two attached hydrogens (primary N) is 1. The minimum atomic E-state index is -2.63. The molecule has 1 amide bonds. The second-order valence-electron chi connectivity index (χ2n) is 7.99. The molecule has 4 aromatic rings. The van der Waals surface area contributed by atoms with Crippen LogP contribution in [-0.4, -0.2) is 28.1 Å². The number of primary amides is 1. The SMILES string of the molecule is Cn1c(Nc2ccc(I)cc2F)c(C(N)=O)c(Oc2cccc3c2ccn3P(C)(C)=O)cc1=O. The van der Waals surface area contributed by atoms with Crippen molar-refractivity contribution in [1.82, 2.24) is 8.90 Å². The van der Waals surface area contributed by atoms with Crippen molar-refractivity contribution in [3.63, 3.8) is 0 Å². The maximum Gasteiger partial charge on any atom is 0.256 e. The second-order valence-corrected chi connectivity index (χ2v) is 12.3. The first kappa shape index (κ1) is 24.0. The summed E-state index contributed by atoms with van der Waals surface area (Å²) in [7, 11) is -1.19. The molecule has 34 heavy (non-hydrogen) atoms. The molecule has 2 heterocycles. The Bertz CT molecular complexity index is 1560. The van der Waals surface area contributed by atoms with Gasteiger partial charge in [0.25, 0.3) is 11.5 Å². The Morgan fingerprint density at radius 3 is 2.53 bits per heavy atom. The highest BCUT2D eigenvalue weighted by atomic mass is 127. The van der Waals surface area contributed by atoms with Gasteiger partial charge in [0.2, 0.25) is 0 Å². The van der Waals surface area contributed by atoms with E-state index in [-0.39, 0.29) is 22.8 Å². The molecule has 4 rings (SSSR count). The number of hydrogen-bond acceptors (Lipinski definition) is 5. The molecule has 0 aliphatic heterocycles. The van der Waals surface area contributed by atoms with E-state index in [1.165, 1.54) is 19.2 Å². The first-order valence-corrected chi connectivity index (χ1v) is 13.7. The zero-order valence-corrected chi connectivity index (χ0v) is 21.6. The van der Waals surface area contributed by atoms with Gasteiger partial charge in [-0.3, -0.25) is 18.5 Å².